The Labute approximate surface area is 96.3 Å². The molecular formula is C13H19N3. The first-order chi connectivity index (χ1) is 7.85. The lowest BCUT2D eigenvalue weighted by molar-refractivity contribution is 0.485. The van der Waals surface area contributed by atoms with Crippen LogP contribution in [0.25, 0.3) is 11.0 Å². The first-order valence-electron chi connectivity index (χ1n) is 5.99. The molecule has 86 valence electrons. The summed E-state index contributed by atoms with van der Waals surface area (Å²) in [6, 6.07) is 4.71. The van der Waals surface area contributed by atoms with E-state index in [4.69, 9.17) is 0 Å². The molecule has 0 fully saturated rings. The maximum Gasteiger partial charge on any atom is 0.137 e. The molecule has 0 saturated carbocycles. The number of rotatable bonds is 5. The fraction of sp³-hybridized carbons (Fsp3) is 0.462. The highest BCUT2D eigenvalue weighted by Crippen LogP contribution is 2.15. The summed E-state index contributed by atoms with van der Waals surface area (Å²) < 4.78 is 0. The molecule has 0 aliphatic rings. The van der Waals surface area contributed by atoms with E-state index in [2.05, 4.69) is 35.2 Å². The van der Waals surface area contributed by atoms with E-state index in [9.17, 15) is 0 Å². The Hall–Kier alpha value is -1.35. The molecule has 2 aromatic heterocycles. The van der Waals surface area contributed by atoms with Crippen molar-refractivity contribution in [3.63, 3.8) is 0 Å². The molecule has 2 rings (SSSR count). The van der Waals surface area contributed by atoms with E-state index in [0.29, 0.717) is 6.04 Å². The molecule has 0 spiro atoms. The molecule has 0 aliphatic carbocycles. The third kappa shape index (κ3) is 2.25. The molecule has 16 heavy (non-hydrogen) atoms. The van der Waals surface area contributed by atoms with Crippen molar-refractivity contribution >= 4 is 11.0 Å². The topological polar surface area (TPSA) is 40.7 Å². The smallest absolute Gasteiger partial charge is 0.137 e. The Morgan fingerprint density at radius 1 is 1.38 bits per heavy atom. The largest absolute Gasteiger partial charge is 0.346 e. The minimum absolute atomic E-state index is 0.613. The maximum absolute atomic E-state index is 4.29. The van der Waals surface area contributed by atoms with Gasteiger partial charge in [0.1, 0.15) is 5.65 Å². The van der Waals surface area contributed by atoms with Crippen molar-refractivity contribution in [2.24, 2.45) is 0 Å². The molecular weight excluding hydrogens is 198 g/mol. The number of nitrogens with one attached hydrogen (secondary N) is 2. The van der Waals surface area contributed by atoms with E-state index in [0.717, 1.165) is 12.2 Å². The summed E-state index contributed by atoms with van der Waals surface area (Å²) in [5.41, 5.74) is 2.28. The molecule has 0 atom stereocenters. The van der Waals surface area contributed by atoms with Crippen LogP contribution in [0.15, 0.2) is 24.5 Å². The van der Waals surface area contributed by atoms with E-state index < -0.39 is 0 Å². The van der Waals surface area contributed by atoms with Gasteiger partial charge in [-0.25, -0.2) is 4.98 Å². The molecule has 2 heterocycles. The van der Waals surface area contributed by atoms with Gasteiger partial charge in [-0.15, -0.1) is 0 Å². The average molecular weight is 217 g/mol. The second-order valence-corrected chi connectivity index (χ2v) is 4.11. The molecule has 0 radical (unpaired) electrons. The Kier molecular flexibility index (Phi) is 3.57. The van der Waals surface area contributed by atoms with E-state index in [1.807, 2.05) is 18.5 Å². The van der Waals surface area contributed by atoms with E-state index >= 15 is 0 Å². The van der Waals surface area contributed by atoms with Crippen LogP contribution in [0, 0.1) is 0 Å². The standard InChI is InChI=1S/C13H19N3/c1-3-11(4-2)15-8-10-9-16-13-12(10)6-5-7-14-13/h5-7,9,11,15H,3-4,8H2,1-2H3,(H,14,16). The van der Waals surface area contributed by atoms with E-state index in [-0.39, 0.29) is 0 Å². The van der Waals surface area contributed by atoms with Gasteiger partial charge in [-0.05, 0) is 30.5 Å². The van der Waals surface area contributed by atoms with Crippen LogP contribution in [-0.2, 0) is 6.54 Å². The Morgan fingerprint density at radius 2 is 2.19 bits per heavy atom. The molecule has 3 heteroatoms. The molecule has 0 bridgehead atoms. The molecule has 0 aromatic carbocycles. The normalized spacial score (nSPS) is 11.4. The van der Waals surface area contributed by atoms with Crippen molar-refractivity contribution in [2.45, 2.75) is 39.3 Å². The van der Waals surface area contributed by atoms with E-state index in [1.165, 1.54) is 23.8 Å². The maximum atomic E-state index is 4.29. The number of hydrogen-bond acceptors (Lipinski definition) is 2. The van der Waals surface area contributed by atoms with E-state index in [1.54, 1.807) is 0 Å². The molecule has 2 N–H and O–H groups in total. The van der Waals surface area contributed by atoms with Gasteiger partial charge < -0.3 is 10.3 Å². The first kappa shape index (κ1) is 11.1. The van der Waals surface area contributed by atoms with Gasteiger partial charge in [-0.3, -0.25) is 0 Å². The number of hydrogen-bond donors (Lipinski definition) is 2. The minimum atomic E-state index is 0.613. The predicted octanol–water partition coefficient (Wildman–Crippen LogP) is 2.84. The van der Waals surface area contributed by atoms with Gasteiger partial charge in [0.25, 0.3) is 0 Å². The summed E-state index contributed by atoms with van der Waals surface area (Å²) in [7, 11) is 0. The summed E-state index contributed by atoms with van der Waals surface area (Å²) in [6.07, 6.45) is 6.22. The number of aromatic amines is 1. The SMILES string of the molecule is CCC(CC)NCc1c[nH]c2ncccc12. The quantitative estimate of drug-likeness (QED) is 0.808. The third-order valence-electron chi connectivity index (χ3n) is 3.10. The number of fused-ring (bicyclic) bond motifs is 1. The molecule has 0 saturated heterocycles. The zero-order valence-electron chi connectivity index (χ0n) is 9.96. The van der Waals surface area contributed by atoms with Crippen LogP contribution >= 0.6 is 0 Å². The van der Waals surface area contributed by atoms with Crippen molar-refractivity contribution in [3.8, 4) is 0 Å². The second kappa shape index (κ2) is 5.12. The number of nitrogens with zero attached hydrogens (tertiary/aromatic N) is 1. The Bertz CT molecular complexity index is 443. The van der Waals surface area contributed by atoms with Gasteiger partial charge in [0, 0.05) is 30.4 Å². The highest BCUT2D eigenvalue weighted by Gasteiger charge is 2.06. The van der Waals surface area contributed by atoms with Gasteiger partial charge in [-0.2, -0.15) is 0 Å². The average Bonchev–Trinajstić information content (AvgIpc) is 2.74. The molecule has 0 unspecified atom stereocenters. The van der Waals surface area contributed by atoms with Crippen LogP contribution in [0.1, 0.15) is 32.3 Å². The zero-order chi connectivity index (χ0) is 11.4. The molecule has 2 aromatic rings. The van der Waals surface area contributed by atoms with Crippen LogP contribution in [0.4, 0.5) is 0 Å². The lowest BCUT2D eigenvalue weighted by Gasteiger charge is -2.13. The number of aromatic nitrogens is 2. The highest BCUT2D eigenvalue weighted by molar-refractivity contribution is 5.79. The summed E-state index contributed by atoms with van der Waals surface area (Å²) in [5.74, 6) is 0. The molecule has 0 amide bonds. The van der Waals surface area contributed by atoms with Crippen LogP contribution in [0.5, 0.6) is 0 Å². The Balaban J connectivity index is 2.09. The Morgan fingerprint density at radius 3 is 2.94 bits per heavy atom. The lowest BCUT2D eigenvalue weighted by atomic mass is 10.1. The number of H-pyrrole nitrogens is 1. The summed E-state index contributed by atoms with van der Waals surface area (Å²) in [5, 5.41) is 4.79. The monoisotopic (exact) mass is 217 g/mol. The van der Waals surface area contributed by atoms with Crippen molar-refractivity contribution < 1.29 is 0 Å². The molecule has 0 aliphatic heterocycles. The van der Waals surface area contributed by atoms with Crippen molar-refractivity contribution in [1.82, 2.24) is 15.3 Å². The first-order valence-corrected chi connectivity index (χ1v) is 5.99. The number of pyridine rings is 1. The lowest BCUT2D eigenvalue weighted by Crippen LogP contribution is -2.26. The third-order valence-corrected chi connectivity index (χ3v) is 3.10. The van der Waals surface area contributed by atoms with Crippen molar-refractivity contribution in [1.29, 1.82) is 0 Å². The van der Waals surface area contributed by atoms with Crippen molar-refractivity contribution in [2.75, 3.05) is 0 Å². The summed E-state index contributed by atoms with van der Waals surface area (Å²) in [6.45, 7) is 5.36. The van der Waals surface area contributed by atoms with Gasteiger partial charge in [0.2, 0.25) is 0 Å². The molecule has 3 nitrogen and oxygen atoms in total. The highest BCUT2D eigenvalue weighted by atomic mass is 14.9. The summed E-state index contributed by atoms with van der Waals surface area (Å²) >= 11 is 0. The van der Waals surface area contributed by atoms with Gasteiger partial charge in [-0.1, -0.05) is 13.8 Å². The van der Waals surface area contributed by atoms with Gasteiger partial charge in [0.15, 0.2) is 0 Å². The van der Waals surface area contributed by atoms with Crippen LogP contribution in [-0.4, -0.2) is 16.0 Å². The summed E-state index contributed by atoms with van der Waals surface area (Å²) in [4.78, 5) is 7.48. The van der Waals surface area contributed by atoms with Crippen LogP contribution in [0.2, 0.25) is 0 Å². The van der Waals surface area contributed by atoms with Gasteiger partial charge in [0.05, 0.1) is 0 Å². The predicted molar refractivity (Wildman–Crippen MR) is 67.3 cm³/mol. The van der Waals surface area contributed by atoms with Crippen LogP contribution < -0.4 is 5.32 Å². The second-order valence-electron chi connectivity index (χ2n) is 4.11. The fourth-order valence-corrected chi connectivity index (χ4v) is 1.99. The van der Waals surface area contributed by atoms with Gasteiger partial charge >= 0.3 is 0 Å². The minimum Gasteiger partial charge on any atom is -0.346 e. The van der Waals surface area contributed by atoms with Crippen LogP contribution in [0.3, 0.4) is 0 Å². The fourth-order valence-electron chi connectivity index (χ4n) is 1.99. The zero-order valence-corrected chi connectivity index (χ0v) is 9.96. The van der Waals surface area contributed by atoms with Crippen molar-refractivity contribution in [3.05, 3.63) is 30.1 Å².